The van der Waals surface area contributed by atoms with E-state index in [0.29, 0.717) is 6.54 Å². The lowest BCUT2D eigenvalue weighted by Crippen LogP contribution is -2.40. The molecular weight excluding hydrogens is 218 g/mol. The molecule has 0 atom stereocenters. The van der Waals surface area contributed by atoms with Gasteiger partial charge in [0.2, 0.25) is 0 Å². The number of carbonyl (C=O) groups is 1. The molecular formula is C12H19N3O2. The van der Waals surface area contributed by atoms with Gasteiger partial charge in [-0.15, -0.1) is 0 Å². The van der Waals surface area contributed by atoms with Crippen molar-refractivity contribution < 1.29 is 9.53 Å². The van der Waals surface area contributed by atoms with Gasteiger partial charge in [-0.2, -0.15) is 0 Å². The first-order valence-corrected chi connectivity index (χ1v) is 5.35. The minimum absolute atomic E-state index is 0.327. The molecule has 0 saturated heterocycles. The number of carbonyl (C=O) groups excluding carboxylic acids is 1. The summed E-state index contributed by atoms with van der Waals surface area (Å²) in [5, 5.41) is 0. The van der Waals surface area contributed by atoms with E-state index in [1.165, 1.54) is 4.90 Å². The minimum Gasteiger partial charge on any atom is -0.496 e. The van der Waals surface area contributed by atoms with Crippen LogP contribution in [0, 0.1) is 13.8 Å². The lowest BCUT2D eigenvalue weighted by Gasteiger charge is -2.20. The van der Waals surface area contributed by atoms with Crippen molar-refractivity contribution in [2.24, 2.45) is 5.84 Å². The molecule has 5 heteroatoms. The highest BCUT2D eigenvalue weighted by molar-refractivity contribution is 5.73. The zero-order valence-corrected chi connectivity index (χ0v) is 10.7. The summed E-state index contributed by atoms with van der Waals surface area (Å²) >= 11 is 0. The number of hydrogen-bond donors (Lipinski definition) is 2. The molecule has 0 heterocycles. The Labute approximate surface area is 102 Å². The average molecular weight is 237 g/mol. The van der Waals surface area contributed by atoms with E-state index >= 15 is 0 Å². The highest BCUT2D eigenvalue weighted by Crippen LogP contribution is 2.25. The van der Waals surface area contributed by atoms with Crippen LogP contribution in [0.2, 0.25) is 0 Å². The van der Waals surface area contributed by atoms with Gasteiger partial charge in [-0.05, 0) is 31.0 Å². The number of hydrogen-bond acceptors (Lipinski definition) is 3. The van der Waals surface area contributed by atoms with Gasteiger partial charge in [-0.3, -0.25) is 5.43 Å². The highest BCUT2D eigenvalue weighted by atomic mass is 16.5. The van der Waals surface area contributed by atoms with Crippen molar-refractivity contribution in [2.45, 2.75) is 20.4 Å². The predicted molar refractivity (Wildman–Crippen MR) is 66.7 cm³/mol. The third kappa shape index (κ3) is 3.10. The quantitative estimate of drug-likeness (QED) is 0.473. The van der Waals surface area contributed by atoms with Crippen LogP contribution in [-0.2, 0) is 6.54 Å². The second-order valence-electron chi connectivity index (χ2n) is 4.07. The van der Waals surface area contributed by atoms with Crippen molar-refractivity contribution in [3.8, 4) is 5.75 Å². The molecule has 0 aliphatic rings. The Hall–Kier alpha value is -1.75. The molecule has 1 rings (SSSR count). The number of benzene rings is 1. The van der Waals surface area contributed by atoms with Gasteiger partial charge in [0.15, 0.2) is 0 Å². The topological polar surface area (TPSA) is 67.6 Å². The first-order chi connectivity index (χ1) is 7.99. The number of hydrazine groups is 1. The van der Waals surface area contributed by atoms with E-state index in [1.807, 2.05) is 19.9 Å². The summed E-state index contributed by atoms with van der Waals surface area (Å²) in [5.41, 5.74) is 5.32. The van der Waals surface area contributed by atoms with E-state index in [0.717, 1.165) is 22.4 Å². The fourth-order valence-electron chi connectivity index (χ4n) is 1.76. The van der Waals surface area contributed by atoms with Gasteiger partial charge in [-0.25, -0.2) is 10.6 Å². The minimum atomic E-state index is -0.327. The molecule has 0 aliphatic heterocycles. The Kier molecular flexibility index (Phi) is 4.34. The third-order valence-corrected chi connectivity index (χ3v) is 2.66. The van der Waals surface area contributed by atoms with Crippen LogP contribution < -0.4 is 16.0 Å². The number of aryl methyl sites for hydroxylation is 2. The maximum atomic E-state index is 11.3. The number of rotatable bonds is 3. The molecule has 0 radical (unpaired) electrons. The largest absolute Gasteiger partial charge is 0.496 e. The molecule has 1 aromatic carbocycles. The van der Waals surface area contributed by atoms with Crippen molar-refractivity contribution in [3.63, 3.8) is 0 Å². The molecule has 0 unspecified atom stereocenters. The van der Waals surface area contributed by atoms with Gasteiger partial charge in [-0.1, -0.05) is 6.07 Å². The Bertz CT molecular complexity index is 418. The molecule has 3 N–H and O–H groups in total. The van der Waals surface area contributed by atoms with E-state index in [4.69, 9.17) is 10.6 Å². The van der Waals surface area contributed by atoms with Crippen LogP contribution in [0.3, 0.4) is 0 Å². The van der Waals surface area contributed by atoms with E-state index < -0.39 is 0 Å². The van der Waals surface area contributed by atoms with Gasteiger partial charge in [0, 0.05) is 12.6 Å². The fraction of sp³-hybridized carbons (Fsp3) is 0.417. The molecule has 0 spiro atoms. The van der Waals surface area contributed by atoms with Gasteiger partial charge in [0.05, 0.1) is 13.7 Å². The molecule has 94 valence electrons. The van der Waals surface area contributed by atoms with Crippen LogP contribution in [0.15, 0.2) is 12.1 Å². The van der Waals surface area contributed by atoms with Crippen molar-refractivity contribution in [1.82, 2.24) is 10.3 Å². The van der Waals surface area contributed by atoms with Crippen molar-refractivity contribution >= 4 is 6.03 Å². The number of nitrogens with two attached hydrogens (primary N) is 1. The molecule has 5 nitrogen and oxygen atoms in total. The Morgan fingerprint density at radius 3 is 2.65 bits per heavy atom. The second-order valence-corrected chi connectivity index (χ2v) is 4.07. The summed E-state index contributed by atoms with van der Waals surface area (Å²) in [6.07, 6.45) is 0. The molecule has 0 fully saturated rings. The van der Waals surface area contributed by atoms with Crippen LogP contribution >= 0.6 is 0 Å². The zero-order chi connectivity index (χ0) is 13.0. The maximum Gasteiger partial charge on any atom is 0.331 e. The number of nitrogens with one attached hydrogen (secondary N) is 1. The second kappa shape index (κ2) is 5.54. The van der Waals surface area contributed by atoms with Crippen LogP contribution in [0.5, 0.6) is 5.75 Å². The normalized spacial score (nSPS) is 9.94. The summed E-state index contributed by atoms with van der Waals surface area (Å²) < 4.78 is 5.33. The molecule has 0 bridgehead atoms. The number of ether oxygens (including phenoxy) is 1. The number of urea groups is 1. The smallest absolute Gasteiger partial charge is 0.331 e. The molecule has 0 saturated carbocycles. The van der Waals surface area contributed by atoms with Crippen LogP contribution in [-0.4, -0.2) is 25.1 Å². The van der Waals surface area contributed by atoms with E-state index in [1.54, 1.807) is 14.2 Å². The van der Waals surface area contributed by atoms with E-state index in [9.17, 15) is 4.79 Å². The van der Waals surface area contributed by atoms with Gasteiger partial charge in [0.25, 0.3) is 0 Å². The summed E-state index contributed by atoms with van der Waals surface area (Å²) in [7, 11) is 3.31. The molecule has 0 aliphatic carbocycles. The molecule has 2 amide bonds. The fourth-order valence-corrected chi connectivity index (χ4v) is 1.76. The highest BCUT2D eigenvalue weighted by Gasteiger charge is 2.13. The SMILES string of the molecule is COc1cc(C)cc(C)c1CN(C)C(=O)NN. The maximum absolute atomic E-state index is 11.3. The van der Waals surface area contributed by atoms with Gasteiger partial charge >= 0.3 is 6.03 Å². The van der Waals surface area contributed by atoms with Crippen molar-refractivity contribution in [1.29, 1.82) is 0 Å². The zero-order valence-electron chi connectivity index (χ0n) is 10.7. The summed E-state index contributed by atoms with van der Waals surface area (Å²) in [6, 6.07) is 3.69. The monoisotopic (exact) mass is 237 g/mol. The number of nitrogens with zero attached hydrogens (tertiary/aromatic N) is 1. The Morgan fingerprint density at radius 2 is 2.12 bits per heavy atom. The van der Waals surface area contributed by atoms with Crippen molar-refractivity contribution in [3.05, 3.63) is 28.8 Å². The molecule has 17 heavy (non-hydrogen) atoms. The molecule has 0 aromatic heterocycles. The van der Waals surface area contributed by atoms with Gasteiger partial charge in [0.1, 0.15) is 5.75 Å². The predicted octanol–water partition coefficient (Wildman–Crippen LogP) is 1.33. The van der Waals surface area contributed by atoms with Crippen LogP contribution in [0.25, 0.3) is 0 Å². The van der Waals surface area contributed by atoms with E-state index in [-0.39, 0.29) is 6.03 Å². The summed E-state index contributed by atoms with van der Waals surface area (Å²) in [4.78, 5) is 12.8. The van der Waals surface area contributed by atoms with E-state index in [2.05, 4.69) is 11.5 Å². The molecule has 1 aromatic rings. The number of amides is 2. The van der Waals surface area contributed by atoms with Crippen LogP contribution in [0.4, 0.5) is 4.79 Å². The van der Waals surface area contributed by atoms with Crippen LogP contribution in [0.1, 0.15) is 16.7 Å². The standard InChI is InChI=1S/C12H19N3O2/c1-8-5-9(2)10(11(6-8)17-4)7-15(3)12(16)14-13/h5-6H,7,13H2,1-4H3,(H,14,16). The number of methoxy groups -OCH3 is 1. The first-order valence-electron chi connectivity index (χ1n) is 5.35. The van der Waals surface area contributed by atoms with Crippen molar-refractivity contribution in [2.75, 3.05) is 14.2 Å². The van der Waals surface area contributed by atoms with Gasteiger partial charge < -0.3 is 9.64 Å². The summed E-state index contributed by atoms with van der Waals surface area (Å²) in [6.45, 7) is 4.47. The lowest BCUT2D eigenvalue weighted by molar-refractivity contribution is 0.206. The Balaban J connectivity index is 3.01. The lowest BCUT2D eigenvalue weighted by atomic mass is 10.0. The first kappa shape index (κ1) is 13.3. The summed E-state index contributed by atoms with van der Waals surface area (Å²) in [5.74, 6) is 5.88. The average Bonchev–Trinajstić information content (AvgIpc) is 2.30. The Morgan fingerprint density at radius 1 is 1.47 bits per heavy atom. The third-order valence-electron chi connectivity index (χ3n) is 2.66.